The van der Waals surface area contributed by atoms with Crippen LogP contribution in [0.25, 0.3) is 33.6 Å². The maximum atomic E-state index is 13.8. The summed E-state index contributed by atoms with van der Waals surface area (Å²) in [6.45, 7) is 5.99. The van der Waals surface area contributed by atoms with Crippen molar-refractivity contribution < 1.29 is 19.1 Å². The molecule has 0 radical (unpaired) electrons. The van der Waals surface area contributed by atoms with Crippen molar-refractivity contribution in [3.05, 3.63) is 102 Å². The monoisotopic (exact) mass is 794 g/mol. The van der Waals surface area contributed by atoms with Crippen molar-refractivity contribution >= 4 is 23.6 Å². The predicted molar refractivity (Wildman–Crippen MR) is 227 cm³/mol. The third kappa shape index (κ3) is 7.72. The third-order valence-electron chi connectivity index (χ3n) is 13.4. The van der Waals surface area contributed by atoms with Crippen LogP contribution in [-0.4, -0.2) is 75.5 Å². The van der Waals surface area contributed by atoms with Gasteiger partial charge in [0.05, 0.1) is 42.9 Å². The van der Waals surface area contributed by atoms with Gasteiger partial charge in [-0.2, -0.15) is 0 Å². The van der Waals surface area contributed by atoms with Gasteiger partial charge in [-0.1, -0.05) is 80.6 Å². The van der Waals surface area contributed by atoms with E-state index in [0.29, 0.717) is 30.8 Å². The number of anilines is 1. The zero-order valence-corrected chi connectivity index (χ0v) is 34.0. The van der Waals surface area contributed by atoms with Gasteiger partial charge in [0, 0.05) is 31.2 Å². The lowest BCUT2D eigenvalue weighted by Gasteiger charge is -2.30. The zero-order chi connectivity index (χ0) is 40.6. The fourth-order valence-electron chi connectivity index (χ4n) is 10.3. The maximum Gasteiger partial charge on any atom is 0.407 e. The minimum absolute atomic E-state index is 0.0452. The van der Waals surface area contributed by atoms with Crippen molar-refractivity contribution in [1.29, 1.82) is 0 Å². The molecule has 5 N–H and O–H groups in total. The van der Waals surface area contributed by atoms with Crippen LogP contribution in [0.4, 0.5) is 10.5 Å². The summed E-state index contributed by atoms with van der Waals surface area (Å²) in [5, 5.41) is 9.61. The molecule has 2 bridgehead atoms. The number of carbonyl (C=O) groups excluding carboxylic acids is 3. The second kappa shape index (κ2) is 16.4. The number of aromatic nitrogens is 4. The number of carbonyl (C=O) groups is 3. The Morgan fingerprint density at radius 2 is 1.47 bits per heavy atom. The normalized spacial score (nSPS) is 23.8. The number of para-hydroxylation sites is 1. The van der Waals surface area contributed by atoms with Gasteiger partial charge in [-0.15, -0.1) is 0 Å². The number of alkyl carbamates (subject to hydrolysis) is 1. The number of hydrogen-bond donors (Lipinski definition) is 5. The first-order valence-corrected chi connectivity index (χ1v) is 21.3. The van der Waals surface area contributed by atoms with Gasteiger partial charge in [0.2, 0.25) is 11.8 Å². The molecular formula is C47H54N8O4. The summed E-state index contributed by atoms with van der Waals surface area (Å²) in [4.78, 5) is 57.9. The highest BCUT2D eigenvalue weighted by atomic mass is 16.5. The summed E-state index contributed by atoms with van der Waals surface area (Å²) in [5.74, 6) is 2.98. The van der Waals surface area contributed by atoms with Crippen LogP contribution in [0, 0.1) is 29.6 Å². The Balaban J connectivity index is 0.832. The van der Waals surface area contributed by atoms with Gasteiger partial charge < -0.3 is 35.6 Å². The molecule has 0 spiro atoms. The van der Waals surface area contributed by atoms with E-state index in [9.17, 15) is 14.4 Å². The Morgan fingerprint density at radius 3 is 2.17 bits per heavy atom. The summed E-state index contributed by atoms with van der Waals surface area (Å²) in [5.41, 5.74) is 8.64. The predicted octanol–water partition coefficient (Wildman–Crippen LogP) is 7.71. The van der Waals surface area contributed by atoms with Gasteiger partial charge in [-0.05, 0) is 96.1 Å². The lowest BCUT2D eigenvalue weighted by molar-refractivity contribution is -0.135. The molecule has 2 saturated carbocycles. The number of likely N-dealkylation sites (tertiary alicyclic amines) is 1. The second-order valence-corrected chi connectivity index (χ2v) is 17.3. The first kappa shape index (κ1) is 38.6. The van der Waals surface area contributed by atoms with E-state index in [1.165, 1.54) is 18.4 Å². The van der Waals surface area contributed by atoms with Gasteiger partial charge in [-0.3, -0.25) is 9.59 Å². The van der Waals surface area contributed by atoms with Crippen molar-refractivity contribution in [3.63, 3.8) is 0 Å². The van der Waals surface area contributed by atoms with Crippen LogP contribution in [0.2, 0.25) is 0 Å². The minimum atomic E-state index is -0.676. The van der Waals surface area contributed by atoms with Crippen LogP contribution < -0.4 is 16.0 Å². The molecule has 3 fully saturated rings. The quantitative estimate of drug-likeness (QED) is 0.0917. The van der Waals surface area contributed by atoms with Crippen LogP contribution in [0.5, 0.6) is 0 Å². The van der Waals surface area contributed by atoms with Crippen molar-refractivity contribution in [3.8, 4) is 33.6 Å². The van der Waals surface area contributed by atoms with Crippen LogP contribution in [0.1, 0.15) is 75.1 Å². The molecule has 4 aliphatic rings. The smallest absolute Gasteiger partial charge is 0.407 e. The standard InChI is InChI=1S/C47H54N8O4/c1-27(2)42(54-47(58)59-3)46(57)55-20-6-9-39(55)43-49-25-37(52-43)31-14-10-29(11-15-31)30-12-16-32(17-13-30)38-26-50-44(53-38)40-34-18-19-35(22-34)41(40)45(56)51-24-28-21-33-7-4-5-8-36(33)48-23-28/h4-5,7-8,10-17,25-28,34-35,39-42,48H,6,9,18-24H2,1-3H3,(H,49,52)(H,50,53)(H,51,56)(H,54,58)/t28?,34?,35?,39-,40-,41-,42-/m0/s1. The van der Waals surface area contributed by atoms with Gasteiger partial charge in [0.1, 0.15) is 17.7 Å². The van der Waals surface area contributed by atoms with E-state index < -0.39 is 12.1 Å². The first-order chi connectivity index (χ1) is 28.7. The number of fused-ring (bicyclic) bond motifs is 3. The molecule has 3 amide bonds. The lowest BCUT2D eigenvalue weighted by atomic mass is 9.78. The second-order valence-electron chi connectivity index (χ2n) is 17.3. The Bertz CT molecular complexity index is 2300. The van der Waals surface area contributed by atoms with Crippen molar-refractivity contribution in [1.82, 2.24) is 35.5 Å². The fourth-order valence-corrected chi connectivity index (χ4v) is 10.3. The van der Waals surface area contributed by atoms with Crippen molar-refractivity contribution in [2.45, 2.75) is 70.4 Å². The highest BCUT2D eigenvalue weighted by Gasteiger charge is 2.52. The van der Waals surface area contributed by atoms with E-state index in [-0.39, 0.29) is 35.6 Å². The number of rotatable bonds is 11. The van der Waals surface area contributed by atoms with E-state index >= 15 is 0 Å². The summed E-state index contributed by atoms with van der Waals surface area (Å²) in [6.07, 6.45) is 9.15. The number of ether oxygens (including phenoxy) is 1. The van der Waals surface area contributed by atoms with Crippen LogP contribution >= 0.6 is 0 Å². The van der Waals surface area contributed by atoms with Gasteiger partial charge in [0.25, 0.3) is 0 Å². The van der Waals surface area contributed by atoms with E-state index in [2.05, 4.69) is 98.7 Å². The summed E-state index contributed by atoms with van der Waals surface area (Å²) in [6, 6.07) is 24.5. The average molecular weight is 795 g/mol. The third-order valence-corrected chi connectivity index (χ3v) is 13.4. The molecule has 1 saturated heterocycles. The van der Waals surface area contributed by atoms with Gasteiger partial charge in [0.15, 0.2) is 0 Å². The van der Waals surface area contributed by atoms with Crippen LogP contribution in [-0.2, 0) is 20.7 Å². The minimum Gasteiger partial charge on any atom is -0.453 e. The molecule has 9 rings (SSSR count). The molecule has 2 aliphatic heterocycles. The van der Waals surface area contributed by atoms with Crippen molar-refractivity contribution in [2.75, 3.05) is 32.1 Å². The fraction of sp³-hybridized carbons (Fsp3) is 0.426. The Labute approximate surface area is 345 Å². The SMILES string of the molecule is COC(=O)N[C@H](C(=O)N1CCC[C@H]1c1ncc(-c2ccc(-c3ccc(-c4cnc([C@H]5C6CCC(C6)[C@@H]5C(=O)NCC5CNc6ccccc6C5)[nH]4)cc3)cc2)[nH]1)C(C)C. The van der Waals surface area contributed by atoms with E-state index in [4.69, 9.17) is 14.7 Å². The first-order valence-electron chi connectivity index (χ1n) is 21.3. The summed E-state index contributed by atoms with van der Waals surface area (Å²) >= 11 is 0. The van der Waals surface area contributed by atoms with E-state index in [1.54, 1.807) is 0 Å². The molecule has 2 aromatic heterocycles. The van der Waals surface area contributed by atoms with E-state index in [1.807, 2.05) is 31.1 Å². The Morgan fingerprint density at radius 1 is 0.831 bits per heavy atom. The molecule has 2 aliphatic carbocycles. The molecule has 3 aromatic carbocycles. The number of H-pyrrole nitrogens is 2. The maximum absolute atomic E-state index is 13.8. The number of benzene rings is 3. The number of aromatic amines is 2. The topological polar surface area (TPSA) is 157 Å². The zero-order valence-electron chi connectivity index (χ0n) is 34.0. The molecule has 4 heterocycles. The van der Waals surface area contributed by atoms with Gasteiger partial charge in [-0.25, -0.2) is 14.8 Å². The number of imidazole rings is 2. The Hall–Kier alpha value is -5.91. The molecule has 5 aromatic rings. The molecule has 59 heavy (non-hydrogen) atoms. The Kier molecular flexibility index (Phi) is 10.7. The van der Waals surface area contributed by atoms with Crippen LogP contribution in [0.3, 0.4) is 0 Å². The number of nitrogens with zero attached hydrogens (tertiary/aromatic N) is 3. The van der Waals surface area contributed by atoms with Crippen LogP contribution in [0.15, 0.2) is 85.2 Å². The molecule has 306 valence electrons. The molecular weight excluding hydrogens is 741 g/mol. The highest BCUT2D eigenvalue weighted by molar-refractivity contribution is 5.86. The number of hydrogen-bond acceptors (Lipinski definition) is 7. The largest absolute Gasteiger partial charge is 0.453 e. The highest BCUT2D eigenvalue weighted by Crippen LogP contribution is 2.56. The summed E-state index contributed by atoms with van der Waals surface area (Å²) in [7, 11) is 1.30. The summed E-state index contributed by atoms with van der Waals surface area (Å²) < 4.78 is 4.77. The molecule has 12 heteroatoms. The average Bonchev–Trinajstić information content (AvgIpc) is 4.13. The number of amides is 3. The molecule has 12 nitrogen and oxygen atoms in total. The molecule has 7 atom stereocenters. The van der Waals surface area contributed by atoms with E-state index in [0.717, 1.165) is 90.4 Å². The number of nitrogens with one attached hydrogen (secondary N) is 5. The number of methoxy groups -OCH3 is 1. The van der Waals surface area contributed by atoms with Gasteiger partial charge >= 0.3 is 6.09 Å². The molecule has 3 unspecified atom stereocenters. The lowest BCUT2D eigenvalue weighted by Crippen LogP contribution is -2.51. The van der Waals surface area contributed by atoms with Crippen molar-refractivity contribution in [2.24, 2.45) is 29.6 Å².